The number of fused-ring (bicyclic) bond motifs is 4. The van der Waals surface area contributed by atoms with Gasteiger partial charge >= 0.3 is 0 Å². The lowest BCUT2D eigenvalue weighted by Gasteiger charge is -2.45. The zero-order valence-electron chi connectivity index (χ0n) is 58.5. The van der Waals surface area contributed by atoms with E-state index < -0.39 is 0 Å². The van der Waals surface area contributed by atoms with Crippen LogP contribution in [0, 0.1) is 0 Å². The van der Waals surface area contributed by atoms with Gasteiger partial charge < -0.3 is 9.80 Å². The minimum atomic E-state index is -0.176. The highest BCUT2D eigenvalue weighted by molar-refractivity contribution is 7.00. The fourth-order valence-corrected chi connectivity index (χ4v) is 14.6. The molecule has 3 heteroatoms. The summed E-state index contributed by atoms with van der Waals surface area (Å²) in [6.45, 7) is 42.0. The standard InChI is InChI=1S/C90H93BN2/c1-85(2,3)62-50-60(51-63(56-62)86(4,5)6)68-34-21-19-32-66(68)58-46-48-80-76(54-58)91-77-55-59(67-33-20-22-35-69(67)61-52-64(87(7,8)9)57-65(53-61)88(10,11)12)47-49-81(77)93(79-43-30-26-39-73(79)71-37-24-28-41-75(71)90(16,17)18)83-45-31-44-82(84(83)91)92(80)78-42-29-25-38-72(78)70-36-23-27-40-74(70)89(13,14)15/h19-57H,1-18H3. The first-order valence-electron chi connectivity index (χ1n) is 33.9. The molecule has 0 atom stereocenters. The predicted molar refractivity (Wildman–Crippen MR) is 405 cm³/mol. The van der Waals surface area contributed by atoms with Gasteiger partial charge in [0.25, 0.3) is 6.71 Å². The van der Waals surface area contributed by atoms with Crippen molar-refractivity contribution in [1.29, 1.82) is 0 Å². The SMILES string of the molecule is CC(C)(C)c1cc(-c2ccccc2-c2ccc3c(c2)B2c4cc(-c5ccccc5-c5cc(C(C)(C)C)cc(C(C)(C)C)c5)ccc4N(c4ccccc4-c4ccccc4C(C)(C)C)c4cccc(c42)N3c2ccccc2-c2ccccc2C(C)(C)C)cc(C(C)(C)C)c1. The van der Waals surface area contributed by atoms with Crippen LogP contribution in [0.15, 0.2) is 237 Å². The Balaban J connectivity index is 1.13. The smallest absolute Gasteiger partial charge is 0.252 e. The molecule has 11 aromatic rings. The maximum absolute atomic E-state index is 2.62. The lowest BCUT2D eigenvalue weighted by Crippen LogP contribution is -2.61. The molecule has 0 saturated heterocycles. The van der Waals surface area contributed by atoms with Crippen LogP contribution in [-0.2, 0) is 32.5 Å². The molecule has 13 rings (SSSR count). The van der Waals surface area contributed by atoms with Crippen LogP contribution < -0.4 is 26.2 Å². The average Bonchev–Trinajstić information content (AvgIpc) is 0.695. The van der Waals surface area contributed by atoms with Crippen molar-refractivity contribution in [2.75, 3.05) is 9.80 Å². The molecule has 0 fully saturated rings. The summed E-state index contributed by atoms with van der Waals surface area (Å²) < 4.78 is 0. The molecule has 0 spiro atoms. The first-order valence-corrected chi connectivity index (χ1v) is 33.9. The Hall–Kier alpha value is -8.92. The molecule has 93 heavy (non-hydrogen) atoms. The molecule has 2 aliphatic rings. The van der Waals surface area contributed by atoms with Crippen LogP contribution in [0.4, 0.5) is 34.1 Å². The van der Waals surface area contributed by atoms with Crippen molar-refractivity contribution < 1.29 is 0 Å². The van der Waals surface area contributed by atoms with Crippen LogP contribution in [0.5, 0.6) is 0 Å². The number of rotatable bonds is 8. The quantitative estimate of drug-likeness (QED) is 0.140. The van der Waals surface area contributed by atoms with Crippen molar-refractivity contribution in [1.82, 2.24) is 0 Å². The number of nitrogens with zero attached hydrogens (tertiary/aromatic N) is 2. The highest BCUT2D eigenvalue weighted by Crippen LogP contribution is 2.51. The molecular formula is C90H93BN2. The maximum atomic E-state index is 2.62. The van der Waals surface area contributed by atoms with Gasteiger partial charge in [0.1, 0.15) is 0 Å². The van der Waals surface area contributed by atoms with E-state index in [1.807, 2.05) is 0 Å². The van der Waals surface area contributed by atoms with E-state index in [1.165, 1.54) is 139 Å². The number of para-hydroxylation sites is 2. The summed E-state index contributed by atoms with van der Waals surface area (Å²) >= 11 is 0. The van der Waals surface area contributed by atoms with E-state index in [9.17, 15) is 0 Å². The summed E-state index contributed by atoms with van der Waals surface area (Å²) in [6.07, 6.45) is 0. The molecule has 0 aromatic heterocycles. The molecule has 11 aromatic carbocycles. The number of hydrogen-bond donors (Lipinski definition) is 0. The van der Waals surface area contributed by atoms with Gasteiger partial charge in [0, 0.05) is 33.9 Å². The Labute approximate surface area is 557 Å². The van der Waals surface area contributed by atoms with E-state index in [-0.39, 0.29) is 39.2 Å². The second kappa shape index (κ2) is 23.0. The Morgan fingerprint density at radius 1 is 0.215 bits per heavy atom. The molecular weight excluding hydrogens is 1120 g/mol. The summed E-state index contributed by atoms with van der Waals surface area (Å²) in [7, 11) is 0. The first-order chi connectivity index (χ1) is 43.9. The molecule has 466 valence electrons. The lowest BCUT2D eigenvalue weighted by atomic mass is 9.33. The van der Waals surface area contributed by atoms with Crippen LogP contribution in [-0.4, -0.2) is 6.71 Å². The zero-order chi connectivity index (χ0) is 65.9. The fraction of sp³-hybridized carbons (Fsp3) is 0.267. The fourth-order valence-electron chi connectivity index (χ4n) is 14.6. The van der Waals surface area contributed by atoms with E-state index in [4.69, 9.17) is 0 Å². The molecule has 2 nitrogen and oxygen atoms in total. The molecule has 0 amide bonds. The summed E-state index contributed by atoms with van der Waals surface area (Å²) in [5.41, 5.74) is 33.1. The van der Waals surface area contributed by atoms with Crippen LogP contribution in [0.3, 0.4) is 0 Å². The van der Waals surface area contributed by atoms with Gasteiger partial charge in [0.2, 0.25) is 0 Å². The third-order valence-electron chi connectivity index (χ3n) is 19.8. The van der Waals surface area contributed by atoms with Crippen LogP contribution in [0.1, 0.15) is 158 Å². The number of anilines is 6. The van der Waals surface area contributed by atoms with Gasteiger partial charge in [0.05, 0.1) is 11.4 Å². The van der Waals surface area contributed by atoms with E-state index in [1.54, 1.807) is 0 Å². The maximum Gasteiger partial charge on any atom is 0.252 e. The second-order valence-corrected chi connectivity index (χ2v) is 32.7. The van der Waals surface area contributed by atoms with Gasteiger partial charge in [-0.05, 0) is 174 Å². The van der Waals surface area contributed by atoms with Crippen molar-refractivity contribution in [3.8, 4) is 66.8 Å². The molecule has 0 aliphatic carbocycles. The van der Waals surface area contributed by atoms with E-state index in [2.05, 4.69) is 371 Å². The van der Waals surface area contributed by atoms with Crippen molar-refractivity contribution in [3.05, 3.63) is 270 Å². The molecule has 2 aliphatic heterocycles. The first kappa shape index (κ1) is 62.9. The van der Waals surface area contributed by atoms with Gasteiger partial charge in [-0.15, -0.1) is 0 Å². The minimum absolute atomic E-state index is 0.0427. The van der Waals surface area contributed by atoms with E-state index in [0.717, 1.165) is 11.4 Å². The van der Waals surface area contributed by atoms with E-state index >= 15 is 0 Å². The van der Waals surface area contributed by atoms with Crippen LogP contribution >= 0.6 is 0 Å². The Morgan fingerprint density at radius 3 is 0.817 bits per heavy atom. The largest absolute Gasteiger partial charge is 0.311 e. The molecule has 2 heterocycles. The van der Waals surface area contributed by atoms with Gasteiger partial charge in [-0.1, -0.05) is 325 Å². The monoisotopic (exact) mass is 1210 g/mol. The molecule has 0 unspecified atom stereocenters. The molecule has 0 N–H and O–H groups in total. The third kappa shape index (κ3) is 11.6. The molecule has 0 saturated carbocycles. The lowest BCUT2D eigenvalue weighted by molar-refractivity contribution is 0.568. The van der Waals surface area contributed by atoms with Gasteiger partial charge in [-0.25, -0.2) is 0 Å². The molecule has 0 bridgehead atoms. The Morgan fingerprint density at radius 2 is 0.495 bits per heavy atom. The van der Waals surface area contributed by atoms with Gasteiger partial charge in [-0.2, -0.15) is 0 Å². The van der Waals surface area contributed by atoms with Crippen LogP contribution in [0.25, 0.3) is 66.8 Å². The predicted octanol–water partition coefficient (Wildman–Crippen LogP) is 23.6. The topological polar surface area (TPSA) is 6.48 Å². The van der Waals surface area contributed by atoms with Gasteiger partial charge in [-0.3, -0.25) is 0 Å². The van der Waals surface area contributed by atoms with E-state index in [0.29, 0.717) is 0 Å². The average molecular weight is 1210 g/mol. The van der Waals surface area contributed by atoms with Crippen molar-refractivity contribution in [3.63, 3.8) is 0 Å². The minimum Gasteiger partial charge on any atom is -0.311 e. The third-order valence-corrected chi connectivity index (χ3v) is 19.8. The van der Waals surface area contributed by atoms with Crippen molar-refractivity contribution >= 4 is 57.2 Å². The van der Waals surface area contributed by atoms with Crippen molar-refractivity contribution in [2.45, 2.75) is 157 Å². The highest BCUT2D eigenvalue weighted by Gasteiger charge is 2.45. The summed E-state index contributed by atoms with van der Waals surface area (Å²) in [5, 5.41) is 0. The van der Waals surface area contributed by atoms with Crippen LogP contribution in [0.2, 0.25) is 0 Å². The normalized spacial score (nSPS) is 13.4. The number of hydrogen-bond acceptors (Lipinski definition) is 2. The van der Waals surface area contributed by atoms with Crippen molar-refractivity contribution in [2.24, 2.45) is 0 Å². The Bertz CT molecular complexity index is 4340. The molecule has 0 radical (unpaired) electrons. The summed E-state index contributed by atoms with van der Waals surface area (Å²) in [4.78, 5) is 5.24. The summed E-state index contributed by atoms with van der Waals surface area (Å²) in [6, 6.07) is 91.5. The number of benzene rings is 11. The Kier molecular flexibility index (Phi) is 15.5. The second-order valence-electron chi connectivity index (χ2n) is 32.7. The zero-order valence-corrected chi connectivity index (χ0v) is 58.5. The highest BCUT2D eigenvalue weighted by atomic mass is 15.2. The summed E-state index contributed by atoms with van der Waals surface area (Å²) in [5.74, 6) is 0. The van der Waals surface area contributed by atoms with Gasteiger partial charge in [0.15, 0.2) is 0 Å².